The van der Waals surface area contributed by atoms with Crippen LogP contribution in [0.15, 0.2) is 60.7 Å². The molecule has 0 atom stereocenters. The normalized spacial score (nSPS) is 11.4. The minimum Gasteiger partial charge on any atom is -0.545 e. The van der Waals surface area contributed by atoms with Crippen molar-refractivity contribution in [3.05, 3.63) is 87.9 Å². The quantitative estimate of drug-likeness (QED) is 0.481. The number of rotatable bonds is 7. The Morgan fingerprint density at radius 1 is 0.906 bits per heavy atom. The summed E-state index contributed by atoms with van der Waals surface area (Å²) < 4.78 is 10.7. The van der Waals surface area contributed by atoms with Gasteiger partial charge in [0.15, 0.2) is 11.5 Å². The average molecular weight is 461 g/mol. The van der Waals surface area contributed by atoms with Gasteiger partial charge in [0.25, 0.3) is 5.91 Å². The van der Waals surface area contributed by atoms with Gasteiger partial charge in [0.2, 0.25) is 6.79 Å². The van der Waals surface area contributed by atoms with E-state index < -0.39 is 5.97 Å². The van der Waals surface area contributed by atoms with Crippen LogP contribution in [0.25, 0.3) is 0 Å². The van der Waals surface area contributed by atoms with Crippen molar-refractivity contribution in [2.24, 2.45) is 0 Å². The topological polar surface area (TPSA) is 99.7 Å². The van der Waals surface area contributed by atoms with E-state index >= 15 is 0 Å². The van der Waals surface area contributed by atoms with Crippen LogP contribution in [0.1, 0.15) is 31.8 Å². The van der Waals surface area contributed by atoms with Gasteiger partial charge in [-0.25, -0.2) is 0 Å². The predicted octanol–water partition coefficient (Wildman–Crippen LogP) is -0.0217. The number of fused-ring (bicyclic) bond motifs is 1. The number of carboxylic acids is 1. The number of aromatic carboxylic acids is 1. The number of carboxylic acid groups (broad SMARTS) is 1. The molecule has 7 nitrogen and oxygen atoms in total. The molecule has 1 aliphatic heterocycles. The Kier molecular flexibility index (Phi) is 8.04. The monoisotopic (exact) mass is 460 g/mol. The van der Waals surface area contributed by atoms with E-state index in [1.54, 1.807) is 30.3 Å². The van der Waals surface area contributed by atoms with Gasteiger partial charge in [0, 0.05) is 23.8 Å². The molecule has 2 N–H and O–H groups in total. The van der Waals surface area contributed by atoms with Gasteiger partial charge in [0.1, 0.15) is 0 Å². The molecule has 0 spiro atoms. The summed E-state index contributed by atoms with van der Waals surface area (Å²) in [5, 5.41) is 17.4. The zero-order chi connectivity index (χ0) is 21.8. The van der Waals surface area contributed by atoms with Crippen LogP contribution in [0.5, 0.6) is 11.5 Å². The largest absolute Gasteiger partial charge is 1.00 e. The van der Waals surface area contributed by atoms with Gasteiger partial charge >= 0.3 is 29.6 Å². The molecule has 0 unspecified atom stereocenters. The molecule has 1 heterocycles. The van der Waals surface area contributed by atoms with Gasteiger partial charge in [-0.2, -0.15) is 0 Å². The average Bonchev–Trinajstić information content (AvgIpc) is 3.24. The second-order valence-electron chi connectivity index (χ2n) is 6.90. The van der Waals surface area contributed by atoms with Crippen LogP contribution in [0.3, 0.4) is 0 Å². The first-order chi connectivity index (χ1) is 15.0. The zero-order valence-electron chi connectivity index (χ0n) is 17.3. The van der Waals surface area contributed by atoms with Crippen molar-refractivity contribution in [1.82, 2.24) is 5.32 Å². The van der Waals surface area contributed by atoms with Gasteiger partial charge in [-0.3, -0.25) is 4.79 Å². The van der Waals surface area contributed by atoms with Crippen molar-refractivity contribution in [3.8, 4) is 11.5 Å². The van der Waals surface area contributed by atoms with Gasteiger partial charge in [0.05, 0.1) is 11.5 Å². The number of ether oxygens (including phenoxy) is 2. The van der Waals surface area contributed by atoms with Crippen molar-refractivity contribution < 1.29 is 53.7 Å². The fourth-order valence-electron chi connectivity index (χ4n) is 3.14. The fraction of sp³-hybridized carbons (Fsp3) is 0.130. The van der Waals surface area contributed by atoms with Crippen molar-refractivity contribution in [2.75, 3.05) is 12.1 Å². The number of hydrogen-bond donors (Lipinski definition) is 2. The number of anilines is 1. The molecule has 1 amide bonds. The van der Waals surface area contributed by atoms with Crippen molar-refractivity contribution in [2.45, 2.75) is 13.1 Å². The van der Waals surface area contributed by atoms with Gasteiger partial charge in [-0.05, 0) is 47.0 Å². The Balaban J connectivity index is 0.00000289. The van der Waals surface area contributed by atoms with E-state index in [1.807, 2.05) is 18.2 Å². The molecule has 0 fully saturated rings. The van der Waals surface area contributed by atoms with Crippen LogP contribution in [-0.4, -0.2) is 18.7 Å². The van der Waals surface area contributed by atoms with E-state index in [0.29, 0.717) is 40.9 Å². The summed E-state index contributed by atoms with van der Waals surface area (Å²) in [5.74, 6) is -0.167. The third-order valence-corrected chi connectivity index (χ3v) is 5.02. The van der Waals surface area contributed by atoms with Crippen LogP contribution >= 0.6 is 11.6 Å². The first-order valence-electron chi connectivity index (χ1n) is 9.50. The van der Waals surface area contributed by atoms with E-state index in [9.17, 15) is 14.7 Å². The minimum atomic E-state index is -1.22. The second-order valence-corrected chi connectivity index (χ2v) is 7.33. The first kappa shape index (κ1) is 23.9. The third kappa shape index (κ3) is 5.75. The summed E-state index contributed by atoms with van der Waals surface area (Å²) in [6.45, 7) is 0.905. The molecular weight excluding hydrogens is 443 g/mol. The molecule has 4 rings (SSSR count). The number of hydrogen-bond acceptors (Lipinski definition) is 6. The van der Waals surface area contributed by atoms with Crippen molar-refractivity contribution in [3.63, 3.8) is 0 Å². The van der Waals surface area contributed by atoms with Crippen molar-refractivity contribution in [1.29, 1.82) is 0 Å². The smallest absolute Gasteiger partial charge is 0.545 e. The first-order valence-corrected chi connectivity index (χ1v) is 9.88. The summed E-state index contributed by atoms with van der Waals surface area (Å²) in [6.07, 6.45) is 0. The van der Waals surface area contributed by atoms with Gasteiger partial charge in [-0.1, -0.05) is 41.9 Å². The SMILES string of the molecule is O=C([O-])c1ccc(CNc2ccc(Cl)cc2C(=O)NCc2ccc3c(c2)OCO3)cc1.[Na+]. The molecule has 0 aliphatic carbocycles. The number of nitrogens with one attached hydrogen (secondary N) is 2. The molecule has 0 saturated carbocycles. The van der Waals surface area contributed by atoms with E-state index in [-0.39, 0.29) is 47.8 Å². The van der Waals surface area contributed by atoms with E-state index in [1.165, 1.54) is 12.1 Å². The van der Waals surface area contributed by atoms with E-state index in [2.05, 4.69) is 10.6 Å². The van der Waals surface area contributed by atoms with E-state index in [4.69, 9.17) is 21.1 Å². The van der Waals surface area contributed by atoms with Gasteiger partial charge in [-0.15, -0.1) is 0 Å². The summed E-state index contributed by atoms with van der Waals surface area (Å²) in [4.78, 5) is 23.7. The van der Waals surface area contributed by atoms with Crippen LogP contribution < -0.4 is 54.8 Å². The number of carbonyl (C=O) groups is 2. The maximum Gasteiger partial charge on any atom is 1.00 e. The molecule has 0 saturated heterocycles. The Morgan fingerprint density at radius 2 is 1.62 bits per heavy atom. The fourth-order valence-corrected chi connectivity index (χ4v) is 3.32. The second kappa shape index (κ2) is 10.7. The molecule has 3 aromatic carbocycles. The number of benzene rings is 3. The summed E-state index contributed by atoms with van der Waals surface area (Å²) >= 11 is 6.11. The van der Waals surface area contributed by atoms with Crippen LogP contribution in [0.2, 0.25) is 5.02 Å². The van der Waals surface area contributed by atoms with Crippen LogP contribution in [0.4, 0.5) is 5.69 Å². The molecule has 9 heteroatoms. The molecule has 1 aliphatic rings. The van der Waals surface area contributed by atoms with Gasteiger partial charge < -0.3 is 30.0 Å². The molecule has 32 heavy (non-hydrogen) atoms. The zero-order valence-corrected chi connectivity index (χ0v) is 20.1. The molecule has 158 valence electrons. The standard InChI is InChI=1S/C23H19ClN2O5.Na/c24-17-6-7-19(25-11-14-1-4-16(5-2-14)23(28)29)18(10-17)22(27)26-12-15-3-8-20-21(9-15)31-13-30-20;/h1-10,25H,11-13H2,(H,26,27)(H,28,29);/q;+1/p-1. The Labute approximate surface area is 212 Å². The molecule has 0 radical (unpaired) electrons. The number of amides is 1. The molecule has 0 bridgehead atoms. The third-order valence-electron chi connectivity index (χ3n) is 4.79. The minimum absolute atomic E-state index is 0. The Morgan fingerprint density at radius 3 is 2.38 bits per heavy atom. The molecular formula is C23H18ClN2NaO5. The molecule has 3 aromatic rings. The summed E-state index contributed by atoms with van der Waals surface area (Å²) in [5.41, 5.74) is 2.85. The Hall–Kier alpha value is -2.71. The van der Waals surface area contributed by atoms with Crippen LogP contribution in [0, 0.1) is 0 Å². The van der Waals surface area contributed by atoms with E-state index in [0.717, 1.165) is 11.1 Å². The molecule has 0 aromatic heterocycles. The maximum absolute atomic E-state index is 12.8. The summed E-state index contributed by atoms with van der Waals surface area (Å²) in [7, 11) is 0. The van der Waals surface area contributed by atoms with Crippen molar-refractivity contribution >= 4 is 29.2 Å². The summed E-state index contributed by atoms with van der Waals surface area (Å²) in [6, 6.07) is 16.9. The number of carbonyl (C=O) groups excluding carboxylic acids is 2. The Bertz CT molecular complexity index is 1140. The number of halogens is 1. The maximum atomic E-state index is 12.8. The predicted molar refractivity (Wildman–Crippen MR) is 113 cm³/mol. The van der Waals surface area contributed by atoms with Crippen LogP contribution in [-0.2, 0) is 13.1 Å².